The van der Waals surface area contributed by atoms with Crippen LogP contribution in [0.4, 0.5) is 0 Å². The Morgan fingerprint density at radius 2 is 1.71 bits per heavy atom. The minimum Gasteiger partial charge on any atom is -0.394 e. The second kappa shape index (κ2) is 4.55. The van der Waals surface area contributed by atoms with Crippen LogP contribution in [0.1, 0.15) is 13.8 Å². The van der Waals surface area contributed by atoms with E-state index >= 15 is 0 Å². The Balaban J connectivity index is 2.74. The van der Waals surface area contributed by atoms with Crippen molar-refractivity contribution in [2.75, 3.05) is 6.61 Å². The Hall–Kier alpha value is -0.200. The van der Waals surface area contributed by atoms with Gasteiger partial charge in [-0.3, -0.25) is 0 Å². The van der Waals surface area contributed by atoms with Gasteiger partial charge in [0.15, 0.2) is 6.29 Å². The van der Waals surface area contributed by atoms with E-state index in [2.05, 4.69) is 0 Å². The van der Waals surface area contributed by atoms with E-state index in [1.54, 1.807) is 0 Å². The highest BCUT2D eigenvalue weighted by Gasteiger charge is 2.44. The van der Waals surface area contributed by atoms with Crippen molar-refractivity contribution in [2.24, 2.45) is 11.8 Å². The van der Waals surface area contributed by atoms with Crippen LogP contribution in [-0.4, -0.2) is 51.6 Å². The maximum atomic E-state index is 9.68. The van der Waals surface area contributed by atoms with Gasteiger partial charge in [0, 0.05) is 5.92 Å². The largest absolute Gasteiger partial charge is 0.394 e. The Kier molecular flexibility index (Phi) is 3.86. The van der Waals surface area contributed by atoms with Crippen LogP contribution in [-0.2, 0) is 4.74 Å². The summed E-state index contributed by atoms with van der Waals surface area (Å²) < 4.78 is 4.99. The smallest absolute Gasteiger partial charge is 0.160 e. The molecule has 14 heavy (non-hydrogen) atoms. The molecule has 0 radical (unpaired) electrons. The highest BCUT2D eigenvalue weighted by molar-refractivity contribution is 4.89. The maximum absolute atomic E-state index is 9.68. The molecule has 5 heteroatoms. The summed E-state index contributed by atoms with van der Waals surface area (Å²) in [5.74, 6) is -0.526. The molecule has 84 valence electrons. The fraction of sp³-hybridized carbons (Fsp3) is 1.00. The third-order valence-corrected chi connectivity index (χ3v) is 2.72. The molecule has 1 aliphatic heterocycles. The normalized spacial score (nSPS) is 44.4. The summed E-state index contributed by atoms with van der Waals surface area (Å²) in [6.45, 7) is 3.24. The highest BCUT2D eigenvalue weighted by Crippen LogP contribution is 2.30. The number of ether oxygens (including phenoxy) is 1. The van der Waals surface area contributed by atoms with E-state index in [1.807, 2.05) is 13.8 Å². The van der Waals surface area contributed by atoms with Crippen LogP contribution < -0.4 is 0 Å². The van der Waals surface area contributed by atoms with Crippen LogP contribution in [0.15, 0.2) is 0 Å². The predicted molar refractivity (Wildman–Crippen MR) is 48.3 cm³/mol. The molecule has 0 aromatic rings. The zero-order valence-corrected chi connectivity index (χ0v) is 8.37. The number of hydrogen-bond acceptors (Lipinski definition) is 5. The molecule has 5 atom stereocenters. The molecule has 0 aliphatic carbocycles. The molecule has 2 unspecified atom stereocenters. The van der Waals surface area contributed by atoms with Gasteiger partial charge in [-0.25, -0.2) is 0 Å². The topological polar surface area (TPSA) is 90.2 Å². The number of hydrogen-bond donors (Lipinski definition) is 4. The molecular weight excluding hydrogens is 188 g/mol. The predicted octanol–water partition coefficient (Wildman–Crippen LogP) is -1.31. The molecule has 1 fully saturated rings. The van der Waals surface area contributed by atoms with Crippen LogP contribution in [0.5, 0.6) is 0 Å². The van der Waals surface area contributed by atoms with E-state index in [0.29, 0.717) is 0 Å². The highest BCUT2D eigenvalue weighted by atomic mass is 16.6. The number of rotatable bonds is 2. The fourth-order valence-corrected chi connectivity index (χ4v) is 1.84. The third-order valence-electron chi connectivity index (χ3n) is 2.72. The quantitative estimate of drug-likeness (QED) is 0.450. The first-order valence-corrected chi connectivity index (χ1v) is 4.79. The van der Waals surface area contributed by atoms with Gasteiger partial charge in [-0.2, -0.15) is 0 Å². The summed E-state index contributed by atoms with van der Waals surface area (Å²) in [5.41, 5.74) is 0. The average Bonchev–Trinajstić information content (AvgIpc) is 2.10. The van der Waals surface area contributed by atoms with Gasteiger partial charge in [0.1, 0.15) is 12.2 Å². The minimum atomic E-state index is -1.14. The average molecular weight is 206 g/mol. The van der Waals surface area contributed by atoms with E-state index in [-0.39, 0.29) is 5.92 Å². The van der Waals surface area contributed by atoms with Crippen LogP contribution >= 0.6 is 0 Å². The lowest BCUT2D eigenvalue weighted by molar-refractivity contribution is -0.277. The molecule has 0 aromatic heterocycles. The minimum absolute atomic E-state index is 0.00528. The molecule has 1 heterocycles. The first-order valence-electron chi connectivity index (χ1n) is 4.79. The Morgan fingerprint density at radius 1 is 1.14 bits per heavy atom. The SMILES string of the molecule is CC(C)C1[C@H](O)OC(CO)[C@@H](O)[C@H]1O. The summed E-state index contributed by atoms with van der Waals surface area (Å²) >= 11 is 0. The van der Waals surface area contributed by atoms with Gasteiger partial charge < -0.3 is 25.2 Å². The van der Waals surface area contributed by atoms with E-state index in [1.165, 1.54) is 0 Å². The molecular formula is C9H18O5. The second-order valence-electron chi connectivity index (χ2n) is 4.05. The van der Waals surface area contributed by atoms with Gasteiger partial charge in [-0.15, -0.1) is 0 Å². The summed E-state index contributed by atoms with van der Waals surface area (Å²) in [6, 6.07) is 0. The third kappa shape index (κ3) is 2.07. The Morgan fingerprint density at radius 3 is 2.14 bits per heavy atom. The van der Waals surface area contributed by atoms with Crippen LogP contribution in [0.25, 0.3) is 0 Å². The molecule has 0 amide bonds. The lowest BCUT2D eigenvalue weighted by Gasteiger charge is -2.41. The lowest BCUT2D eigenvalue weighted by Crippen LogP contribution is -2.56. The number of aliphatic hydroxyl groups is 4. The molecule has 0 bridgehead atoms. The first-order chi connectivity index (χ1) is 6.49. The summed E-state index contributed by atoms with van der Waals surface area (Å²) in [4.78, 5) is 0. The zero-order chi connectivity index (χ0) is 10.9. The summed E-state index contributed by atoms with van der Waals surface area (Å²) in [6.07, 6.45) is -4.24. The second-order valence-corrected chi connectivity index (χ2v) is 4.05. The molecule has 0 saturated carbocycles. The first kappa shape index (κ1) is 11.9. The fourth-order valence-electron chi connectivity index (χ4n) is 1.84. The van der Waals surface area contributed by atoms with Crippen molar-refractivity contribution in [3.63, 3.8) is 0 Å². The number of aliphatic hydroxyl groups excluding tert-OH is 4. The van der Waals surface area contributed by atoms with Crippen molar-refractivity contribution in [1.82, 2.24) is 0 Å². The molecule has 0 spiro atoms. The van der Waals surface area contributed by atoms with Crippen molar-refractivity contribution in [3.8, 4) is 0 Å². The van der Waals surface area contributed by atoms with Gasteiger partial charge in [0.25, 0.3) is 0 Å². The monoisotopic (exact) mass is 206 g/mol. The maximum Gasteiger partial charge on any atom is 0.160 e. The van der Waals surface area contributed by atoms with Crippen molar-refractivity contribution in [1.29, 1.82) is 0 Å². The summed E-state index contributed by atoms with van der Waals surface area (Å²) in [7, 11) is 0. The van der Waals surface area contributed by atoms with Crippen LogP contribution in [0.2, 0.25) is 0 Å². The standard InChI is InChI=1S/C9H18O5/c1-4(2)6-8(12)7(11)5(3-10)14-9(6)13/h4-13H,3H2,1-2H3/t5?,6?,7-,8+,9-/m1/s1. The van der Waals surface area contributed by atoms with Gasteiger partial charge in [-0.05, 0) is 5.92 Å². The lowest BCUT2D eigenvalue weighted by atomic mass is 9.83. The van der Waals surface area contributed by atoms with Crippen molar-refractivity contribution in [3.05, 3.63) is 0 Å². The van der Waals surface area contributed by atoms with E-state index in [0.717, 1.165) is 0 Å². The van der Waals surface area contributed by atoms with Gasteiger partial charge >= 0.3 is 0 Å². The van der Waals surface area contributed by atoms with E-state index in [9.17, 15) is 15.3 Å². The van der Waals surface area contributed by atoms with Gasteiger partial charge in [0.2, 0.25) is 0 Å². The van der Waals surface area contributed by atoms with Crippen molar-refractivity contribution in [2.45, 2.75) is 38.4 Å². The Bertz CT molecular complexity index is 184. The molecule has 0 aromatic carbocycles. The van der Waals surface area contributed by atoms with Crippen molar-refractivity contribution < 1.29 is 25.2 Å². The van der Waals surface area contributed by atoms with Crippen LogP contribution in [0.3, 0.4) is 0 Å². The van der Waals surface area contributed by atoms with E-state index < -0.39 is 37.1 Å². The van der Waals surface area contributed by atoms with Crippen LogP contribution in [0, 0.1) is 11.8 Å². The molecule has 1 aliphatic rings. The molecule has 5 nitrogen and oxygen atoms in total. The van der Waals surface area contributed by atoms with Crippen molar-refractivity contribution >= 4 is 0 Å². The molecule has 1 rings (SSSR count). The molecule has 4 N–H and O–H groups in total. The van der Waals surface area contributed by atoms with Gasteiger partial charge in [0.05, 0.1) is 12.7 Å². The zero-order valence-electron chi connectivity index (χ0n) is 8.37. The molecule has 1 saturated heterocycles. The van der Waals surface area contributed by atoms with Gasteiger partial charge in [-0.1, -0.05) is 13.8 Å². The van der Waals surface area contributed by atoms with E-state index in [4.69, 9.17) is 9.84 Å². The Labute approximate surface area is 82.9 Å². The summed E-state index contributed by atoms with van der Waals surface area (Å²) in [5, 5.41) is 37.5.